The number of amides is 1. The second kappa shape index (κ2) is 14.2. The van der Waals surface area contributed by atoms with Crippen molar-refractivity contribution in [2.75, 3.05) is 13.2 Å². The quantitative estimate of drug-likeness (QED) is 0.233. The fraction of sp³-hybridized carbons (Fsp3) is 0.562. The van der Waals surface area contributed by atoms with E-state index < -0.39 is 0 Å². The van der Waals surface area contributed by atoms with Gasteiger partial charge in [0.25, 0.3) is 0 Å². The first-order chi connectivity index (χ1) is 18.2. The van der Waals surface area contributed by atoms with Crippen molar-refractivity contribution in [3.05, 3.63) is 59.9 Å². The molecule has 0 radical (unpaired) electrons. The zero-order chi connectivity index (χ0) is 25.9. The molecule has 0 aliphatic heterocycles. The summed E-state index contributed by atoms with van der Waals surface area (Å²) in [5, 5.41) is 3.17. The summed E-state index contributed by atoms with van der Waals surface area (Å²) in [6, 6.07) is 17.0. The third-order valence-corrected chi connectivity index (χ3v) is 7.94. The number of benzene rings is 2. The minimum Gasteiger partial charge on any atom is -0.494 e. The Bertz CT molecular complexity index is 1100. The van der Waals surface area contributed by atoms with Crippen molar-refractivity contribution in [2.24, 2.45) is 5.92 Å². The maximum Gasteiger partial charge on any atom is 0.223 e. The van der Waals surface area contributed by atoms with Crippen LogP contribution in [-0.4, -0.2) is 28.6 Å². The minimum absolute atomic E-state index is 0.252. The molecule has 1 saturated carbocycles. The average Bonchev–Trinajstić information content (AvgIpc) is 3.30. The summed E-state index contributed by atoms with van der Waals surface area (Å²) >= 11 is 0. The molecule has 37 heavy (non-hydrogen) atoms. The van der Waals surface area contributed by atoms with Crippen LogP contribution >= 0.6 is 0 Å². The number of aryl methyl sites for hydroxylation is 2. The number of carbonyl (C=O) groups excluding carboxylic acids is 1. The number of hydrogen-bond donors (Lipinski definition) is 1. The zero-order valence-corrected chi connectivity index (χ0v) is 22.9. The van der Waals surface area contributed by atoms with Crippen molar-refractivity contribution in [1.82, 2.24) is 14.9 Å². The molecule has 1 aliphatic carbocycles. The number of imidazole rings is 1. The van der Waals surface area contributed by atoms with Gasteiger partial charge < -0.3 is 14.6 Å². The van der Waals surface area contributed by atoms with Crippen LogP contribution < -0.4 is 10.1 Å². The van der Waals surface area contributed by atoms with E-state index in [-0.39, 0.29) is 11.8 Å². The molecule has 4 rings (SSSR count). The number of aromatic nitrogens is 2. The van der Waals surface area contributed by atoms with Crippen LogP contribution in [0.2, 0.25) is 0 Å². The number of carbonyl (C=O) groups is 1. The van der Waals surface area contributed by atoms with Crippen LogP contribution in [0, 0.1) is 5.92 Å². The lowest BCUT2D eigenvalue weighted by Crippen LogP contribution is -2.32. The molecule has 5 nitrogen and oxygen atoms in total. The Hall–Kier alpha value is -2.82. The van der Waals surface area contributed by atoms with Crippen LogP contribution in [0.4, 0.5) is 0 Å². The number of para-hydroxylation sites is 2. The molecule has 0 saturated heterocycles. The summed E-state index contributed by atoms with van der Waals surface area (Å²) in [6.45, 7) is 6.87. The van der Waals surface area contributed by atoms with Gasteiger partial charge in [0.2, 0.25) is 5.91 Å². The monoisotopic (exact) mass is 503 g/mol. The molecular weight excluding hydrogens is 458 g/mol. The number of nitrogens with one attached hydrogen (secondary N) is 1. The highest BCUT2D eigenvalue weighted by Crippen LogP contribution is 2.24. The second-order valence-corrected chi connectivity index (χ2v) is 10.7. The van der Waals surface area contributed by atoms with Crippen molar-refractivity contribution in [2.45, 2.75) is 96.9 Å². The molecule has 3 aromatic rings. The SMILES string of the molecule is CC[C@H](C)c1ccc(OCCCn2c(CCCCCNC(=O)C3CCCCC3)nc3ccccc32)cc1. The first kappa shape index (κ1) is 27.2. The summed E-state index contributed by atoms with van der Waals surface area (Å²) in [4.78, 5) is 17.3. The van der Waals surface area contributed by atoms with Gasteiger partial charge in [0.1, 0.15) is 11.6 Å². The van der Waals surface area contributed by atoms with Gasteiger partial charge in [-0.15, -0.1) is 0 Å². The highest BCUT2D eigenvalue weighted by molar-refractivity contribution is 5.78. The Labute approximate surface area is 223 Å². The summed E-state index contributed by atoms with van der Waals surface area (Å²) in [7, 11) is 0. The van der Waals surface area contributed by atoms with Gasteiger partial charge in [-0.1, -0.05) is 63.8 Å². The zero-order valence-electron chi connectivity index (χ0n) is 22.9. The highest BCUT2D eigenvalue weighted by Gasteiger charge is 2.20. The molecule has 1 N–H and O–H groups in total. The molecule has 0 spiro atoms. The molecule has 5 heteroatoms. The van der Waals surface area contributed by atoms with E-state index in [1.807, 2.05) is 0 Å². The lowest BCUT2D eigenvalue weighted by molar-refractivity contribution is -0.125. The lowest BCUT2D eigenvalue weighted by atomic mass is 9.89. The van der Waals surface area contributed by atoms with E-state index in [9.17, 15) is 4.79 Å². The normalized spacial score (nSPS) is 15.1. The van der Waals surface area contributed by atoms with Crippen LogP contribution in [0.25, 0.3) is 11.0 Å². The minimum atomic E-state index is 0.252. The predicted molar refractivity (Wildman–Crippen MR) is 152 cm³/mol. The Morgan fingerprint density at radius 3 is 2.59 bits per heavy atom. The maximum absolute atomic E-state index is 12.3. The van der Waals surface area contributed by atoms with Gasteiger partial charge in [0.05, 0.1) is 17.6 Å². The third-order valence-electron chi connectivity index (χ3n) is 7.94. The van der Waals surface area contributed by atoms with E-state index in [4.69, 9.17) is 9.72 Å². The van der Waals surface area contributed by atoms with Crippen LogP contribution in [0.15, 0.2) is 48.5 Å². The van der Waals surface area contributed by atoms with Gasteiger partial charge in [0.15, 0.2) is 0 Å². The van der Waals surface area contributed by atoms with Crippen molar-refractivity contribution in [1.29, 1.82) is 0 Å². The molecule has 0 unspecified atom stereocenters. The van der Waals surface area contributed by atoms with Gasteiger partial charge in [-0.3, -0.25) is 4.79 Å². The van der Waals surface area contributed by atoms with Crippen LogP contribution in [0.3, 0.4) is 0 Å². The Kier molecular flexibility index (Phi) is 10.5. The van der Waals surface area contributed by atoms with Crippen molar-refractivity contribution >= 4 is 16.9 Å². The van der Waals surface area contributed by atoms with Gasteiger partial charge in [-0.2, -0.15) is 0 Å². The number of nitrogens with zero attached hydrogens (tertiary/aromatic N) is 2. The fourth-order valence-corrected chi connectivity index (χ4v) is 5.41. The van der Waals surface area contributed by atoms with E-state index >= 15 is 0 Å². The smallest absolute Gasteiger partial charge is 0.223 e. The van der Waals surface area contributed by atoms with Gasteiger partial charge >= 0.3 is 0 Å². The van der Waals surface area contributed by atoms with E-state index in [2.05, 4.69) is 72.3 Å². The fourth-order valence-electron chi connectivity index (χ4n) is 5.41. The predicted octanol–water partition coefficient (Wildman–Crippen LogP) is 7.43. The molecule has 1 atom stereocenters. The molecule has 1 amide bonds. The van der Waals surface area contributed by atoms with Gasteiger partial charge in [-0.05, 0) is 74.3 Å². The molecule has 1 heterocycles. The largest absolute Gasteiger partial charge is 0.494 e. The molecule has 200 valence electrons. The van der Waals surface area contributed by atoms with Crippen molar-refractivity contribution in [3.63, 3.8) is 0 Å². The first-order valence-electron chi connectivity index (χ1n) is 14.6. The Balaban J connectivity index is 1.21. The van der Waals surface area contributed by atoms with E-state index in [0.29, 0.717) is 12.5 Å². The number of ether oxygens (including phenoxy) is 1. The van der Waals surface area contributed by atoms with E-state index in [1.54, 1.807) is 0 Å². The Morgan fingerprint density at radius 2 is 1.81 bits per heavy atom. The van der Waals surface area contributed by atoms with Gasteiger partial charge in [-0.25, -0.2) is 4.98 Å². The summed E-state index contributed by atoms with van der Waals surface area (Å²) in [5.41, 5.74) is 3.64. The van der Waals surface area contributed by atoms with Gasteiger partial charge in [0, 0.05) is 25.4 Å². The standard InChI is InChI=1S/C32H45N3O2/c1-3-25(2)26-18-20-28(21-19-26)37-24-12-23-35-30-16-10-9-15-29(30)34-31(35)17-8-5-11-22-33-32(36)27-13-6-4-7-14-27/h9-10,15-16,18-21,25,27H,3-8,11-14,17,22-24H2,1-2H3,(H,33,36)/t25-/m0/s1. The molecule has 0 bridgehead atoms. The van der Waals surface area contributed by atoms with Crippen LogP contribution in [-0.2, 0) is 17.8 Å². The average molecular weight is 504 g/mol. The number of hydrogen-bond acceptors (Lipinski definition) is 3. The summed E-state index contributed by atoms with van der Waals surface area (Å²) in [6.07, 6.45) is 12.1. The first-order valence-corrected chi connectivity index (χ1v) is 14.6. The summed E-state index contributed by atoms with van der Waals surface area (Å²) < 4.78 is 8.42. The molecular formula is C32H45N3O2. The Morgan fingerprint density at radius 1 is 1.03 bits per heavy atom. The number of fused-ring (bicyclic) bond motifs is 1. The lowest BCUT2D eigenvalue weighted by Gasteiger charge is -2.20. The third kappa shape index (κ3) is 7.83. The topological polar surface area (TPSA) is 56.1 Å². The van der Waals surface area contributed by atoms with Crippen molar-refractivity contribution < 1.29 is 9.53 Å². The summed E-state index contributed by atoms with van der Waals surface area (Å²) in [5.74, 6) is 3.21. The van der Waals surface area contributed by atoms with E-state index in [0.717, 1.165) is 81.5 Å². The van der Waals surface area contributed by atoms with Crippen LogP contribution in [0.1, 0.15) is 95.4 Å². The highest BCUT2D eigenvalue weighted by atomic mass is 16.5. The van der Waals surface area contributed by atoms with Crippen LogP contribution in [0.5, 0.6) is 5.75 Å². The molecule has 1 aromatic heterocycles. The number of rotatable bonds is 14. The molecule has 1 aliphatic rings. The molecule has 2 aromatic carbocycles. The molecule has 1 fully saturated rings. The van der Waals surface area contributed by atoms with E-state index in [1.165, 1.54) is 30.3 Å². The second-order valence-electron chi connectivity index (χ2n) is 10.7. The van der Waals surface area contributed by atoms with Crippen molar-refractivity contribution in [3.8, 4) is 5.75 Å². The maximum atomic E-state index is 12.3. The number of unbranched alkanes of at least 4 members (excludes halogenated alkanes) is 2.